The minimum atomic E-state index is -0.886. The van der Waals surface area contributed by atoms with E-state index in [-0.39, 0.29) is 42.7 Å². The van der Waals surface area contributed by atoms with Gasteiger partial charge >= 0.3 is 17.9 Å². The van der Waals surface area contributed by atoms with Crippen molar-refractivity contribution >= 4 is 17.9 Å². The Morgan fingerprint density at radius 2 is 1.12 bits per heavy atom. The topological polar surface area (TPSA) is 99.1 Å². The number of carbonyl (C=O) groups is 3. The number of allylic oxidation sites excluding steroid dienone is 8. The van der Waals surface area contributed by atoms with Gasteiger partial charge in [-0.1, -0.05) is 127 Å². The van der Waals surface area contributed by atoms with Crippen LogP contribution in [0.15, 0.2) is 48.6 Å². The van der Waals surface area contributed by atoms with Crippen LogP contribution in [0.25, 0.3) is 0 Å². The van der Waals surface area contributed by atoms with Gasteiger partial charge in [0, 0.05) is 19.3 Å². The lowest BCUT2D eigenvalue weighted by atomic mass is 10.1. The van der Waals surface area contributed by atoms with Gasteiger partial charge in [-0.25, -0.2) is 4.79 Å². The molecule has 2 unspecified atom stereocenters. The molecule has 0 bridgehead atoms. The summed E-state index contributed by atoms with van der Waals surface area (Å²) in [6, 6.07) is -0.622. The highest BCUT2D eigenvalue weighted by molar-refractivity contribution is 5.72. The van der Waals surface area contributed by atoms with Crippen molar-refractivity contribution in [3.8, 4) is 0 Å². The van der Waals surface area contributed by atoms with Crippen LogP contribution >= 0.6 is 0 Å². The van der Waals surface area contributed by atoms with Gasteiger partial charge in [-0.2, -0.15) is 0 Å². The zero-order valence-electron chi connectivity index (χ0n) is 32.6. The van der Waals surface area contributed by atoms with Crippen LogP contribution < -0.4 is 0 Å². The number of rotatable bonds is 34. The molecule has 0 aromatic heterocycles. The van der Waals surface area contributed by atoms with Gasteiger partial charge in [0.25, 0.3) is 0 Å². The highest BCUT2D eigenvalue weighted by atomic mass is 16.6. The summed E-state index contributed by atoms with van der Waals surface area (Å²) in [6.07, 6.45) is 37.5. The molecule has 0 saturated carbocycles. The van der Waals surface area contributed by atoms with Crippen LogP contribution in [0.3, 0.4) is 0 Å². The van der Waals surface area contributed by atoms with E-state index < -0.39 is 18.1 Å². The second kappa shape index (κ2) is 33.4. The van der Waals surface area contributed by atoms with Gasteiger partial charge < -0.3 is 23.8 Å². The van der Waals surface area contributed by atoms with Gasteiger partial charge in [0.2, 0.25) is 0 Å². The molecule has 8 heteroatoms. The summed E-state index contributed by atoms with van der Waals surface area (Å²) in [7, 11) is 5.49. The molecule has 1 N–H and O–H groups in total. The molecule has 0 aromatic rings. The predicted molar refractivity (Wildman–Crippen MR) is 206 cm³/mol. The summed E-state index contributed by atoms with van der Waals surface area (Å²) in [5.41, 5.74) is 0. The number of likely N-dealkylation sites (N-methyl/N-ethyl adjacent to an activating group) is 1. The average Bonchev–Trinajstić information content (AvgIpc) is 3.06. The molecule has 0 aliphatic heterocycles. The van der Waals surface area contributed by atoms with E-state index in [0.29, 0.717) is 19.3 Å². The number of esters is 2. The number of quaternary nitrogens is 1. The molecular formula is C42H74NO7+. The number of nitrogens with zero attached hydrogens (tertiary/aromatic N) is 1. The van der Waals surface area contributed by atoms with E-state index in [0.717, 1.165) is 57.8 Å². The Morgan fingerprint density at radius 1 is 0.600 bits per heavy atom. The molecule has 0 radical (unpaired) electrons. The fourth-order valence-corrected chi connectivity index (χ4v) is 5.40. The number of carboxylic acid groups (broad SMARTS) is 1. The van der Waals surface area contributed by atoms with Crippen molar-refractivity contribution in [2.24, 2.45) is 0 Å². The lowest BCUT2D eigenvalue weighted by Gasteiger charge is -2.31. The summed E-state index contributed by atoms with van der Waals surface area (Å²) in [6.45, 7) is 4.59. The number of aliphatic carboxylic acids is 1. The molecule has 2 atom stereocenters. The fourth-order valence-electron chi connectivity index (χ4n) is 5.40. The van der Waals surface area contributed by atoms with Crippen LogP contribution in [0.1, 0.15) is 149 Å². The fraction of sp³-hybridized carbons (Fsp3) is 0.738. The molecule has 0 spiro atoms. The predicted octanol–water partition coefficient (Wildman–Crippen LogP) is 10.1. The highest BCUT2D eigenvalue weighted by Gasteiger charge is 2.31. The summed E-state index contributed by atoms with van der Waals surface area (Å²) in [5, 5.41) is 9.57. The summed E-state index contributed by atoms with van der Waals surface area (Å²) < 4.78 is 17.1. The number of carbonyl (C=O) groups excluding carboxylic acids is 2. The van der Waals surface area contributed by atoms with E-state index >= 15 is 0 Å². The van der Waals surface area contributed by atoms with Crippen molar-refractivity contribution in [3.63, 3.8) is 0 Å². The number of ether oxygens (including phenoxy) is 3. The van der Waals surface area contributed by atoms with Crippen molar-refractivity contribution in [2.75, 3.05) is 41.0 Å². The van der Waals surface area contributed by atoms with Crippen LogP contribution in [-0.2, 0) is 28.6 Å². The Balaban J connectivity index is 4.39. The molecule has 0 saturated heterocycles. The quantitative estimate of drug-likeness (QED) is 0.0234. The molecule has 0 aromatic carbocycles. The molecule has 0 heterocycles. The minimum Gasteiger partial charge on any atom is -0.477 e. The van der Waals surface area contributed by atoms with E-state index in [1.54, 1.807) is 0 Å². The van der Waals surface area contributed by atoms with Gasteiger partial charge in [0.15, 0.2) is 12.1 Å². The lowest BCUT2D eigenvalue weighted by Crippen LogP contribution is -2.50. The standard InChI is InChI=1S/C42H73NO7/c1-6-8-10-12-14-16-17-18-19-20-21-22-23-24-25-27-28-30-32-40(44)49-37-38(36-48-35-34-39(42(46)47)43(3,4)5)50-41(45)33-31-29-26-15-13-11-9-7-2/h17-22,26,29,38-39H,6-16,23-25,27-28,30-37H2,1-5H3/p+1/b18-17+,20-19+,22-21+,29-26+. The first kappa shape index (κ1) is 47.3. The zero-order chi connectivity index (χ0) is 37.1. The van der Waals surface area contributed by atoms with Gasteiger partial charge in [-0.05, 0) is 51.4 Å². The molecule has 8 nitrogen and oxygen atoms in total. The van der Waals surface area contributed by atoms with E-state index in [1.807, 2.05) is 27.2 Å². The van der Waals surface area contributed by atoms with Crippen LogP contribution in [0.5, 0.6) is 0 Å². The first-order chi connectivity index (χ1) is 24.1. The maximum Gasteiger partial charge on any atom is 0.362 e. The van der Waals surface area contributed by atoms with Crippen molar-refractivity contribution in [2.45, 2.75) is 161 Å². The van der Waals surface area contributed by atoms with Gasteiger partial charge in [0.1, 0.15) is 6.61 Å². The molecule has 0 aliphatic carbocycles. The second-order valence-electron chi connectivity index (χ2n) is 14.2. The first-order valence-electron chi connectivity index (χ1n) is 19.7. The van der Waals surface area contributed by atoms with Crippen LogP contribution in [0, 0.1) is 0 Å². The smallest absolute Gasteiger partial charge is 0.362 e. The average molecular weight is 705 g/mol. The number of hydrogen-bond donors (Lipinski definition) is 1. The largest absolute Gasteiger partial charge is 0.477 e. The highest BCUT2D eigenvalue weighted by Crippen LogP contribution is 2.12. The Hall–Kier alpha value is -2.71. The Morgan fingerprint density at radius 3 is 1.70 bits per heavy atom. The molecular weight excluding hydrogens is 630 g/mol. The lowest BCUT2D eigenvalue weighted by molar-refractivity contribution is -0.887. The van der Waals surface area contributed by atoms with Crippen LogP contribution in [0.4, 0.5) is 0 Å². The third-order valence-corrected chi connectivity index (χ3v) is 8.53. The molecule has 0 rings (SSSR count). The number of carboxylic acids is 1. The van der Waals surface area contributed by atoms with Crippen molar-refractivity contribution in [3.05, 3.63) is 48.6 Å². The van der Waals surface area contributed by atoms with Crippen LogP contribution in [-0.4, -0.2) is 80.6 Å². The van der Waals surface area contributed by atoms with E-state index in [2.05, 4.69) is 56.4 Å². The zero-order valence-corrected chi connectivity index (χ0v) is 32.6. The van der Waals surface area contributed by atoms with Crippen LogP contribution in [0.2, 0.25) is 0 Å². The molecule has 288 valence electrons. The van der Waals surface area contributed by atoms with Crippen molar-refractivity contribution in [1.29, 1.82) is 0 Å². The minimum absolute atomic E-state index is 0.0376. The molecule has 0 amide bonds. The second-order valence-corrected chi connectivity index (χ2v) is 14.2. The summed E-state index contributed by atoms with van der Waals surface area (Å²) in [5.74, 6) is -1.57. The first-order valence-corrected chi connectivity index (χ1v) is 19.7. The Kier molecular flexibility index (Phi) is 31.6. The normalized spacial score (nSPS) is 13.5. The Labute approximate surface area is 306 Å². The van der Waals surface area contributed by atoms with Crippen molar-refractivity contribution in [1.82, 2.24) is 0 Å². The van der Waals surface area contributed by atoms with E-state index in [1.165, 1.54) is 51.4 Å². The Bertz CT molecular complexity index is 964. The third-order valence-electron chi connectivity index (χ3n) is 8.53. The van der Waals surface area contributed by atoms with E-state index in [9.17, 15) is 19.5 Å². The molecule has 0 fully saturated rings. The maximum atomic E-state index is 12.5. The monoisotopic (exact) mass is 705 g/mol. The van der Waals surface area contributed by atoms with Crippen molar-refractivity contribution < 1.29 is 38.2 Å². The number of unbranched alkanes of at least 4 members (excludes halogenated alkanes) is 14. The summed E-state index contributed by atoms with van der Waals surface area (Å²) >= 11 is 0. The third kappa shape index (κ3) is 31.3. The SMILES string of the molecule is CCCCCC/C=C/CCC(=O)OC(COCCC(C(=O)O)[N+](C)(C)C)COC(=O)CCCCCCC/C=C/C=C/C=C/CCCCCCC. The maximum absolute atomic E-state index is 12.5. The molecule has 50 heavy (non-hydrogen) atoms. The summed E-state index contributed by atoms with van der Waals surface area (Å²) in [4.78, 5) is 36.7. The molecule has 0 aliphatic rings. The van der Waals surface area contributed by atoms with E-state index in [4.69, 9.17) is 14.2 Å². The van der Waals surface area contributed by atoms with Gasteiger partial charge in [0.05, 0.1) is 34.4 Å². The van der Waals surface area contributed by atoms with Gasteiger partial charge in [-0.3, -0.25) is 9.59 Å². The number of hydrogen-bond acceptors (Lipinski definition) is 6. The van der Waals surface area contributed by atoms with Gasteiger partial charge in [-0.15, -0.1) is 0 Å².